The number of benzene rings is 1. The Morgan fingerprint density at radius 1 is 1.24 bits per heavy atom. The predicted octanol–water partition coefficient (Wildman–Crippen LogP) is 2.42. The number of amides is 1. The summed E-state index contributed by atoms with van der Waals surface area (Å²) in [7, 11) is 0. The summed E-state index contributed by atoms with van der Waals surface area (Å²) >= 11 is 1.31. The van der Waals surface area contributed by atoms with Gasteiger partial charge in [0.2, 0.25) is 0 Å². The molecule has 1 atom stereocenters. The van der Waals surface area contributed by atoms with Crippen molar-refractivity contribution in [1.29, 1.82) is 0 Å². The van der Waals surface area contributed by atoms with Crippen LogP contribution in [0.1, 0.15) is 24.3 Å². The molecule has 0 saturated heterocycles. The Morgan fingerprint density at radius 2 is 1.96 bits per heavy atom. The molecule has 0 aliphatic carbocycles. The van der Waals surface area contributed by atoms with Gasteiger partial charge in [-0.2, -0.15) is 0 Å². The highest BCUT2D eigenvalue weighted by molar-refractivity contribution is 7.13. The molecule has 0 radical (unpaired) electrons. The van der Waals surface area contributed by atoms with Crippen molar-refractivity contribution in [2.45, 2.75) is 19.9 Å². The van der Waals surface area contributed by atoms with Gasteiger partial charge >= 0.3 is 5.97 Å². The van der Waals surface area contributed by atoms with E-state index in [0.29, 0.717) is 29.7 Å². The minimum absolute atomic E-state index is 0.196. The lowest BCUT2D eigenvalue weighted by atomic mass is 10.0. The SMILES string of the molecule is CC(C)[C@@H](NC(=O)c1csc(-c2ccc3c(c2)OCCO3)n1)C(=O)O. The Balaban J connectivity index is 1.78. The predicted molar refractivity (Wildman–Crippen MR) is 92.3 cm³/mol. The molecule has 0 bridgehead atoms. The van der Waals surface area contributed by atoms with Gasteiger partial charge in [-0.25, -0.2) is 9.78 Å². The average Bonchev–Trinajstić information content (AvgIpc) is 3.08. The van der Waals surface area contributed by atoms with Gasteiger partial charge in [-0.3, -0.25) is 4.79 Å². The quantitative estimate of drug-likeness (QED) is 0.848. The molecule has 7 nitrogen and oxygen atoms in total. The summed E-state index contributed by atoms with van der Waals surface area (Å²) in [6, 6.07) is 4.53. The molecule has 0 unspecified atom stereocenters. The lowest BCUT2D eigenvalue weighted by Crippen LogP contribution is -2.44. The highest BCUT2D eigenvalue weighted by atomic mass is 32.1. The third-order valence-corrected chi connectivity index (χ3v) is 4.64. The van der Waals surface area contributed by atoms with Gasteiger partial charge in [0, 0.05) is 10.9 Å². The molecule has 1 aliphatic heterocycles. The number of aromatic nitrogens is 1. The molecule has 0 saturated carbocycles. The largest absolute Gasteiger partial charge is 0.486 e. The second-order valence-electron chi connectivity index (χ2n) is 5.93. The molecule has 2 aromatic rings. The summed E-state index contributed by atoms with van der Waals surface area (Å²) in [6.07, 6.45) is 0. The minimum Gasteiger partial charge on any atom is -0.486 e. The first kappa shape index (κ1) is 17.2. The van der Waals surface area contributed by atoms with E-state index in [-0.39, 0.29) is 11.6 Å². The van der Waals surface area contributed by atoms with Crippen molar-refractivity contribution in [3.63, 3.8) is 0 Å². The molecule has 1 aromatic heterocycles. The smallest absolute Gasteiger partial charge is 0.326 e. The molecule has 25 heavy (non-hydrogen) atoms. The summed E-state index contributed by atoms with van der Waals surface area (Å²) < 4.78 is 11.0. The van der Waals surface area contributed by atoms with E-state index in [4.69, 9.17) is 9.47 Å². The third kappa shape index (κ3) is 3.74. The van der Waals surface area contributed by atoms with Crippen LogP contribution in [0, 0.1) is 5.92 Å². The first-order valence-electron chi connectivity index (χ1n) is 7.85. The second-order valence-corrected chi connectivity index (χ2v) is 6.79. The van der Waals surface area contributed by atoms with Crippen molar-refractivity contribution in [1.82, 2.24) is 10.3 Å². The summed E-state index contributed by atoms with van der Waals surface area (Å²) in [5.74, 6) is -0.453. The van der Waals surface area contributed by atoms with Crippen LogP contribution in [0.3, 0.4) is 0 Å². The summed E-state index contributed by atoms with van der Waals surface area (Å²) in [6.45, 7) is 4.49. The number of carboxylic acids is 1. The van der Waals surface area contributed by atoms with E-state index in [1.165, 1.54) is 11.3 Å². The Morgan fingerprint density at radius 3 is 2.64 bits per heavy atom. The molecule has 132 valence electrons. The number of nitrogens with one attached hydrogen (secondary N) is 1. The first-order valence-corrected chi connectivity index (χ1v) is 8.73. The zero-order valence-corrected chi connectivity index (χ0v) is 14.6. The summed E-state index contributed by atoms with van der Waals surface area (Å²) in [5.41, 5.74) is 1.01. The zero-order chi connectivity index (χ0) is 18.0. The molecule has 2 N–H and O–H groups in total. The summed E-state index contributed by atoms with van der Waals surface area (Å²) in [5, 5.41) is 13.9. The van der Waals surface area contributed by atoms with Gasteiger partial charge in [0.1, 0.15) is 30.0 Å². The molecular formula is C17H18N2O5S. The van der Waals surface area contributed by atoms with Crippen molar-refractivity contribution in [3.8, 4) is 22.1 Å². The zero-order valence-electron chi connectivity index (χ0n) is 13.8. The van der Waals surface area contributed by atoms with E-state index in [0.717, 1.165) is 5.56 Å². The van der Waals surface area contributed by atoms with E-state index in [2.05, 4.69) is 10.3 Å². The number of aliphatic carboxylic acids is 1. The van der Waals surface area contributed by atoms with Crippen molar-refractivity contribution < 1.29 is 24.2 Å². The van der Waals surface area contributed by atoms with Gasteiger partial charge in [0.05, 0.1) is 0 Å². The van der Waals surface area contributed by atoms with Crippen LogP contribution < -0.4 is 14.8 Å². The Labute approximate surface area is 148 Å². The number of nitrogens with zero attached hydrogens (tertiary/aromatic N) is 1. The number of ether oxygens (including phenoxy) is 2. The van der Waals surface area contributed by atoms with Crippen LogP contribution in [0.5, 0.6) is 11.5 Å². The number of carbonyl (C=O) groups is 2. The molecule has 3 rings (SSSR count). The van der Waals surface area contributed by atoms with E-state index >= 15 is 0 Å². The molecular weight excluding hydrogens is 344 g/mol. The lowest BCUT2D eigenvalue weighted by molar-refractivity contribution is -0.140. The second kappa shape index (κ2) is 7.10. The summed E-state index contributed by atoms with van der Waals surface area (Å²) in [4.78, 5) is 27.8. The van der Waals surface area contributed by atoms with Crippen molar-refractivity contribution in [2.75, 3.05) is 13.2 Å². The van der Waals surface area contributed by atoms with Crippen molar-refractivity contribution in [3.05, 3.63) is 29.3 Å². The fraction of sp³-hybridized carbons (Fsp3) is 0.353. The Kier molecular flexibility index (Phi) is 4.89. The van der Waals surface area contributed by atoms with Crippen molar-refractivity contribution in [2.24, 2.45) is 5.92 Å². The number of rotatable bonds is 5. The van der Waals surface area contributed by atoms with Crippen LogP contribution >= 0.6 is 11.3 Å². The molecule has 0 spiro atoms. The van der Waals surface area contributed by atoms with Crippen LogP contribution in [0.15, 0.2) is 23.6 Å². The number of thiazole rings is 1. The molecule has 1 amide bonds. The van der Waals surface area contributed by atoms with Gasteiger partial charge in [-0.15, -0.1) is 11.3 Å². The van der Waals surface area contributed by atoms with E-state index in [9.17, 15) is 14.7 Å². The fourth-order valence-electron chi connectivity index (χ4n) is 2.42. The number of hydrogen-bond donors (Lipinski definition) is 2. The molecule has 0 fully saturated rings. The van der Waals surface area contributed by atoms with Gasteiger partial charge in [0.15, 0.2) is 11.5 Å². The minimum atomic E-state index is -1.06. The third-order valence-electron chi connectivity index (χ3n) is 3.75. The maximum absolute atomic E-state index is 12.3. The van der Waals surface area contributed by atoms with Crippen LogP contribution in [-0.4, -0.2) is 41.2 Å². The lowest BCUT2D eigenvalue weighted by Gasteiger charge is -2.18. The fourth-order valence-corrected chi connectivity index (χ4v) is 3.21. The average molecular weight is 362 g/mol. The van der Waals surface area contributed by atoms with E-state index in [1.807, 2.05) is 18.2 Å². The van der Waals surface area contributed by atoms with Gasteiger partial charge < -0.3 is 19.9 Å². The Hall–Kier alpha value is -2.61. The number of carbonyl (C=O) groups excluding carboxylic acids is 1. The standard InChI is InChI=1S/C17H18N2O5S/c1-9(2)14(17(21)22)19-15(20)11-8-25-16(18-11)10-3-4-12-13(7-10)24-6-5-23-12/h3-4,7-9,14H,5-6H2,1-2H3,(H,19,20)(H,21,22)/t14-/m1/s1. The number of fused-ring (bicyclic) bond motifs is 1. The molecule has 8 heteroatoms. The number of carboxylic acid groups (broad SMARTS) is 1. The first-order chi connectivity index (χ1) is 12.0. The highest BCUT2D eigenvalue weighted by Crippen LogP contribution is 2.35. The van der Waals surface area contributed by atoms with Crippen LogP contribution in [-0.2, 0) is 4.79 Å². The Bertz CT molecular complexity index is 802. The monoisotopic (exact) mass is 362 g/mol. The van der Waals surface area contributed by atoms with E-state index in [1.54, 1.807) is 19.2 Å². The maximum atomic E-state index is 12.3. The number of hydrogen-bond acceptors (Lipinski definition) is 6. The molecule has 2 heterocycles. The normalized spacial score (nSPS) is 14.2. The molecule has 1 aromatic carbocycles. The highest BCUT2D eigenvalue weighted by Gasteiger charge is 2.25. The van der Waals surface area contributed by atoms with Crippen LogP contribution in [0.25, 0.3) is 10.6 Å². The van der Waals surface area contributed by atoms with Gasteiger partial charge in [0.25, 0.3) is 5.91 Å². The van der Waals surface area contributed by atoms with Gasteiger partial charge in [-0.05, 0) is 24.1 Å². The topological polar surface area (TPSA) is 97.8 Å². The van der Waals surface area contributed by atoms with Crippen molar-refractivity contribution >= 4 is 23.2 Å². The molecule has 1 aliphatic rings. The van der Waals surface area contributed by atoms with Crippen LogP contribution in [0.4, 0.5) is 0 Å². The van der Waals surface area contributed by atoms with Gasteiger partial charge in [-0.1, -0.05) is 13.8 Å². The van der Waals surface area contributed by atoms with Crippen LogP contribution in [0.2, 0.25) is 0 Å². The maximum Gasteiger partial charge on any atom is 0.326 e. The van der Waals surface area contributed by atoms with E-state index < -0.39 is 17.9 Å².